The first kappa shape index (κ1) is 9.45. The normalized spacial score (nSPS) is 20.2. The molecule has 0 saturated heterocycles. The van der Waals surface area contributed by atoms with Crippen LogP contribution in [0.3, 0.4) is 0 Å². The van der Waals surface area contributed by atoms with Gasteiger partial charge >= 0.3 is 6.03 Å². The van der Waals surface area contributed by atoms with Gasteiger partial charge in [-0.15, -0.1) is 0 Å². The third-order valence-corrected chi connectivity index (χ3v) is 1.96. The number of benzene rings is 1. The van der Waals surface area contributed by atoms with Crippen molar-refractivity contribution in [3.63, 3.8) is 0 Å². The second kappa shape index (κ2) is 3.56. The fourth-order valence-corrected chi connectivity index (χ4v) is 1.28. The first-order valence-corrected chi connectivity index (χ1v) is 4.31. The molecule has 1 aromatic carbocycles. The zero-order valence-corrected chi connectivity index (χ0v) is 7.70. The fourth-order valence-electron chi connectivity index (χ4n) is 1.28. The van der Waals surface area contributed by atoms with Gasteiger partial charge in [0.15, 0.2) is 12.1 Å². The van der Waals surface area contributed by atoms with Crippen LogP contribution < -0.4 is 16.4 Å². The Morgan fingerprint density at radius 1 is 1.33 bits per heavy atom. The first-order chi connectivity index (χ1) is 7.15. The maximum Gasteiger partial charge on any atom is 0.323 e. The van der Waals surface area contributed by atoms with Crippen molar-refractivity contribution in [3.05, 3.63) is 35.6 Å². The molecule has 15 heavy (non-hydrogen) atoms. The van der Waals surface area contributed by atoms with E-state index in [0.29, 0.717) is 5.56 Å². The minimum Gasteiger partial charge on any atom is -0.370 e. The van der Waals surface area contributed by atoms with Gasteiger partial charge in [0.1, 0.15) is 5.82 Å². The molecule has 4 N–H and O–H groups in total. The number of halogens is 1. The Morgan fingerprint density at radius 2 is 2.00 bits per heavy atom. The molecular formula is C9H9FN4O. The Kier molecular flexibility index (Phi) is 2.24. The summed E-state index contributed by atoms with van der Waals surface area (Å²) in [6, 6.07) is 5.27. The molecule has 0 saturated carbocycles. The Morgan fingerprint density at radius 3 is 2.60 bits per heavy atom. The van der Waals surface area contributed by atoms with Crippen molar-refractivity contribution >= 4 is 12.0 Å². The van der Waals surface area contributed by atoms with Crippen molar-refractivity contribution in [3.8, 4) is 0 Å². The average Bonchev–Trinajstić information content (AvgIpc) is 2.17. The van der Waals surface area contributed by atoms with Crippen LogP contribution in [0.25, 0.3) is 0 Å². The molecule has 1 aliphatic rings. The van der Waals surface area contributed by atoms with Crippen LogP contribution in [-0.2, 0) is 0 Å². The Labute approximate surface area is 85.2 Å². The summed E-state index contributed by atoms with van der Waals surface area (Å²) in [7, 11) is 0. The van der Waals surface area contributed by atoms with E-state index in [2.05, 4.69) is 15.6 Å². The highest BCUT2D eigenvalue weighted by molar-refractivity contribution is 5.97. The Hall–Kier alpha value is -2.11. The maximum atomic E-state index is 12.6. The number of nitrogens with one attached hydrogen (secondary N) is 2. The summed E-state index contributed by atoms with van der Waals surface area (Å²) in [5.41, 5.74) is 6.06. The van der Waals surface area contributed by atoms with Crippen molar-refractivity contribution < 1.29 is 9.18 Å². The standard InChI is InChI=1S/C9H9FN4O/c10-6-3-1-5(2-4-6)7-12-8(11)14-9(15)13-7/h1-4,7H,(H4,11,12,13,14,15). The summed E-state index contributed by atoms with van der Waals surface area (Å²) in [4.78, 5) is 15.0. The number of aliphatic imine (C=N–C) groups is 1. The molecule has 6 heteroatoms. The Bertz CT molecular complexity index is 415. The van der Waals surface area contributed by atoms with Crippen LogP contribution >= 0.6 is 0 Å². The molecule has 0 radical (unpaired) electrons. The van der Waals surface area contributed by atoms with Gasteiger partial charge in [0, 0.05) is 0 Å². The summed E-state index contributed by atoms with van der Waals surface area (Å²) >= 11 is 0. The number of hydrogen-bond acceptors (Lipinski definition) is 3. The van der Waals surface area contributed by atoms with Crippen LogP contribution in [0, 0.1) is 5.82 Å². The van der Waals surface area contributed by atoms with Gasteiger partial charge in [-0.1, -0.05) is 12.1 Å². The summed E-state index contributed by atoms with van der Waals surface area (Å²) < 4.78 is 12.6. The van der Waals surface area contributed by atoms with Gasteiger partial charge in [0.05, 0.1) is 0 Å². The maximum absolute atomic E-state index is 12.6. The quantitative estimate of drug-likeness (QED) is 0.626. The summed E-state index contributed by atoms with van der Waals surface area (Å²) in [5, 5.41) is 4.84. The molecule has 1 aromatic rings. The molecule has 1 unspecified atom stereocenters. The summed E-state index contributed by atoms with van der Waals surface area (Å²) in [6.07, 6.45) is -0.556. The number of carbonyl (C=O) groups is 1. The van der Waals surface area contributed by atoms with Crippen molar-refractivity contribution in [1.82, 2.24) is 10.6 Å². The fraction of sp³-hybridized carbons (Fsp3) is 0.111. The lowest BCUT2D eigenvalue weighted by Crippen LogP contribution is -2.49. The van der Waals surface area contributed by atoms with Crippen molar-refractivity contribution in [2.24, 2.45) is 10.7 Å². The number of guanidine groups is 1. The molecule has 5 nitrogen and oxygen atoms in total. The molecule has 0 bridgehead atoms. The van der Waals surface area contributed by atoms with E-state index in [-0.39, 0.29) is 11.8 Å². The van der Waals surface area contributed by atoms with Crippen LogP contribution in [0.4, 0.5) is 9.18 Å². The lowest BCUT2D eigenvalue weighted by atomic mass is 10.1. The highest BCUT2D eigenvalue weighted by Gasteiger charge is 2.19. The van der Waals surface area contributed by atoms with Gasteiger partial charge in [0.2, 0.25) is 0 Å². The second-order valence-electron chi connectivity index (χ2n) is 3.07. The van der Waals surface area contributed by atoms with Gasteiger partial charge in [-0.05, 0) is 17.7 Å². The number of rotatable bonds is 1. The molecule has 2 amide bonds. The zero-order chi connectivity index (χ0) is 10.8. The molecule has 2 rings (SSSR count). The van der Waals surface area contributed by atoms with Crippen molar-refractivity contribution in [2.45, 2.75) is 6.17 Å². The van der Waals surface area contributed by atoms with Crippen LogP contribution in [0.15, 0.2) is 29.3 Å². The smallest absolute Gasteiger partial charge is 0.323 e. The second-order valence-corrected chi connectivity index (χ2v) is 3.07. The van der Waals surface area contributed by atoms with Crippen LogP contribution in [-0.4, -0.2) is 12.0 Å². The van der Waals surface area contributed by atoms with Gasteiger partial charge in [-0.3, -0.25) is 5.32 Å². The predicted octanol–water partition coefficient (Wildman–Crippen LogP) is 0.452. The molecule has 0 aliphatic carbocycles. The predicted molar refractivity (Wildman–Crippen MR) is 52.4 cm³/mol. The van der Waals surface area contributed by atoms with Crippen molar-refractivity contribution in [2.75, 3.05) is 0 Å². The third kappa shape index (κ3) is 2.04. The lowest BCUT2D eigenvalue weighted by Gasteiger charge is -2.20. The van der Waals surface area contributed by atoms with Crippen LogP contribution in [0.1, 0.15) is 11.7 Å². The van der Waals surface area contributed by atoms with E-state index in [0.717, 1.165) is 0 Å². The molecule has 0 fully saturated rings. The number of nitrogens with zero attached hydrogens (tertiary/aromatic N) is 1. The molecule has 0 aromatic heterocycles. The highest BCUT2D eigenvalue weighted by atomic mass is 19.1. The molecule has 1 heterocycles. The van der Waals surface area contributed by atoms with Gasteiger partial charge in [0.25, 0.3) is 0 Å². The van der Waals surface area contributed by atoms with E-state index < -0.39 is 12.2 Å². The number of urea groups is 1. The Balaban J connectivity index is 2.27. The molecular weight excluding hydrogens is 199 g/mol. The van der Waals surface area contributed by atoms with E-state index in [1.807, 2.05) is 0 Å². The molecule has 78 valence electrons. The summed E-state index contributed by atoms with van der Waals surface area (Å²) in [5.74, 6) is -0.288. The van der Waals surface area contributed by atoms with E-state index in [9.17, 15) is 9.18 Å². The SMILES string of the molecule is NC1=NC(c2ccc(F)cc2)NC(=O)N1. The topological polar surface area (TPSA) is 79.5 Å². The van der Waals surface area contributed by atoms with Gasteiger partial charge in [-0.2, -0.15) is 0 Å². The number of carbonyl (C=O) groups excluding carboxylic acids is 1. The highest BCUT2D eigenvalue weighted by Crippen LogP contribution is 2.16. The molecule has 1 atom stereocenters. The van der Waals surface area contributed by atoms with Gasteiger partial charge < -0.3 is 11.1 Å². The van der Waals surface area contributed by atoms with Crippen molar-refractivity contribution in [1.29, 1.82) is 0 Å². The zero-order valence-electron chi connectivity index (χ0n) is 7.70. The largest absolute Gasteiger partial charge is 0.370 e. The first-order valence-electron chi connectivity index (χ1n) is 4.31. The third-order valence-electron chi connectivity index (χ3n) is 1.96. The minimum absolute atomic E-state index is 0.0491. The monoisotopic (exact) mass is 208 g/mol. The number of amides is 2. The number of hydrogen-bond donors (Lipinski definition) is 3. The average molecular weight is 208 g/mol. The van der Waals surface area contributed by atoms with E-state index in [1.165, 1.54) is 12.1 Å². The van der Waals surface area contributed by atoms with E-state index >= 15 is 0 Å². The molecule has 0 spiro atoms. The number of nitrogens with two attached hydrogens (primary N) is 1. The summed E-state index contributed by atoms with van der Waals surface area (Å²) in [6.45, 7) is 0. The van der Waals surface area contributed by atoms with Gasteiger partial charge in [-0.25, -0.2) is 14.2 Å². The lowest BCUT2D eigenvalue weighted by molar-refractivity contribution is 0.240. The van der Waals surface area contributed by atoms with E-state index in [1.54, 1.807) is 12.1 Å². The van der Waals surface area contributed by atoms with Crippen LogP contribution in [0.5, 0.6) is 0 Å². The van der Waals surface area contributed by atoms with Crippen LogP contribution in [0.2, 0.25) is 0 Å². The molecule has 1 aliphatic heterocycles. The minimum atomic E-state index is -0.556. The van der Waals surface area contributed by atoms with E-state index in [4.69, 9.17) is 5.73 Å².